The third-order valence-electron chi connectivity index (χ3n) is 4.91. The minimum atomic E-state index is 0.387. The van der Waals surface area contributed by atoms with Gasteiger partial charge in [-0.25, -0.2) is 0 Å². The summed E-state index contributed by atoms with van der Waals surface area (Å²) in [6.07, 6.45) is 1.80. The molecule has 0 aliphatic rings. The molecule has 5 aromatic rings. The lowest BCUT2D eigenvalue weighted by Crippen LogP contribution is -1.87. The Labute approximate surface area is 149 Å². The Morgan fingerprint density at radius 3 is 2.12 bits per heavy atom. The third kappa shape index (κ3) is 1.83. The zero-order valence-corrected chi connectivity index (χ0v) is 13.7. The Morgan fingerprint density at radius 1 is 0.654 bits per heavy atom. The Bertz CT molecular complexity index is 1450. The van der Waals surface area contributed by atoms with Crippen LogP contribution in [0.3, 0.4) is 0 Å². The maximum atomic E-state index is 7.43. The minimum absolute atomic E-state index is 0.387. The molecule has 0 fully saturated rings. The molecule has 0 bridgehead atoms. The van der Waals surface area contributed by atoms with Crippen LogP contribution in [0.25, 0.3) is 52.9 Å². The number of fused-ring (bicyclic) bond motifs is 8. The van der Waals surface area contributed by atoms with E-state index >= 15 is 0 Å². The van der Waals surface area contributed by atoms with Crippen LogP contribution in [0, 0.1) is 13.1 Å². The van der Waals surface area contributed by atoms with Crippen molar-refractivity contribution in [3.05, 3.63) is 89.7 Å². The van der Waals surface area contributed by atoms with Crippen molar-refractivity contribution >= 4 is 54.6 Å². The highest BCUT2D eigenvalue weighted by molar-refractivity contribution is 6.31. The number of pyridine rings is 1. The van der Waals surface area contributed by atoms with Crippen LogP contribution in [0.15, 0.2) is 66.9 Å². The van der Waals surface area contributed by atoms with Crippen molar-refractivity contribution < 1.29 is 0 Å². The molecule has 26 heavy (non-hydrogen) atoms. The van der Waals surface area contributed by atoms with E-state index in [1.54, 1.807) is 6.20 Å². The zero-order chi connectivity index (χ0) is 17.7. The molecule has 3 heteroatoms. The summed E-state index contributed by atoms with van der Waals surface area (Å²) in [5, 5.41) is 7.43. The van der Waals surface area contributed by atoms with Crippen molar-refractivity contribution in [2.24, 2.45) is 0 Å². The van der Waals surface area contributed by atoms with Gasteiger partial charge in [0.15, 0.2) is 11.4 Å². The first-order valence-corrected chi connectivity index (χ1v) is 8.22. The summed E-state index contributed by atoms with van der Waals surface area (Å²) in [4.78, 5) is 11.8. The van der Waals surface area contributed by atoms with Crippen LogP contribution in [0.4, 0.5) is 11.4 Å². The smallest absolute Gasteiger partial charge is 0.195 e. The molecule has 0 amide bonds. The van der Waals surface area contributed by atoms with Crippen LogP contribution < -0.4 is 0 Å². The SMILES string of the molecule is [C-]#[N+]c1cc2c(cc1[N+]#[C-])c1ccc3ccccc3c1c1ncccc21. The first kappa shape index (κ1) is 14.4. The molecule has 5 rings (SSSR count). The van der Waals surface area contributed by atoms with Crippen LogP contribution in [0.2, 0.25) is 0 Å². The van der Waals surface area contributed by atoms with E-state index < -0.39 is 0 Å². The van der Waals surface area contributed by atoms with E-state index in [4.69, 9.17) is 13.1 Å². The van der Waals surface area contributed by atoms with E-state index in [1.165, 1.54) is 0 Å². The monoisotopic (exact) mass is 329 g/mol. The molecule has 1 heterocycles. The molecule has 0 radical (unpaired) electrons. The van der Waals surface area contributed by atoms with Crippen molar-refractivity contribution in [2.75, 3.05) is 0 Å². The van der Waals surface area contributed by atoms with E-state index in [9.17, 15) is 0 Å². The molecule has 0 unspecified atom stereocenters. The first-order chi connectivity index (χ1) is 12.8. The molecule has 0 atom stereocenters. The van der Waals surface area contributed by atoms with Crippen molar-refractivity contribution in [2.45, 2.75) is 0 Å². The highest BCUT2D eigenvalue weighted by atomic mass is 14.7. The van der Waals surface area contributed by atoms with Gasteiger partial charge in [-0.15, -0.1) is 0 Å². The van der Waals surface area contributed by atoms with Gasteiger partial charge >= 0.3 is 0 Å². The number of aromatic nitrogens is 1. The highest BCUT2D eigenvalue weighted by Crippen LogP contribution is 2.42. The van der Waals surface area contributed by atoms with Gasteiger partial charge in [0.2, 0.25) is 0 Å². The molecule has 0 spiro atoms. The number of rotatable bonds is 0. The summed E-state index contributed by atoms with van der Waals surface area (Å²) in [6, 6.07) is 20.1. The Kier molecular flexibility index (Phi) is 2.92. The summed E-state index contributed by atoms with van der Waals surface area (Å²) >= 11 is 0. The summed E-state index contributed by atoms with van der Waals surface area (Å²) in [5.74, 6) is 0. The van der Waals surface area contributed by atoms with Crippen LogP contribution in [-0.4, -0.2) is 4.98 Å². The average molecular weight is 329 g/mol. The fraction of sp³-hybridized carbons (Fsp3) is 0. The second-order valence-electron chi connectivity index (χ2n) is 6.22. The predicted molar refractivity (Wildman–Crippen MR) is 107 cm³/mol. The molecule has 0 saturated heterocycles. The molecule has 0 N–H and O–H groups in total. The summed E-state index contributed by atoms with van der Waals surface area (Å²) in [6.45, 7) is 14.8. The van der Waals surface area contributed by atoms with E-state index in [-0.39, 0.29) is 0 Å². The van der Waals surface area contributed by atoms with Crippen molar-refractivity contribution in [1.82, 2.24) is 4.98 Å². The molecule has 3 nitrogen and oxygen atoms in total. The normalized spacial score (nSPS) is 11.0. The lowest BCUT2D eigenvalue weighted by molar-refractivity contribution is 1.43. The lowest BCUT2D eigenvalue weighted by atomic mass is 9.93. The van der Waals surface area contributed by atoms with Gasteiger partial charge in [0.05, 0.1) is 18.7 Å². The fourth-order valence-electron chi connectivity index (χ4n) is 3.77. The molecular weight excluding hydrogens is 318 g/mol. The van der Waals surface area contributed by atoms with Gasteiger partial charge in [0, 0.05) is 17.0 Å². The maximum absolute atomic E-state index is 7.43. The number of hydrogen-bond acceptors (Lipinski definition) is 1. The van der Waals surface area contributed by atoms with Crippen LogP contribution in [-0.2, 0) is 0 Å². The van der Waals surface area contributed by atoms with Gasteiger partial charge in [0.25, 0.3) is 0 Å². The largest absolute Gasteiger partial charge is 0.256 e. The molecule has 1 aromatic heterocycles. The molecular formula is C23H11N3. The van der Waals surface area contributed by atoms with Gasteiger partial charge in [-0.3, -0.25) is 14.7 Å². The van der Waals surface area contributed by atoms with Crippen LogP contribution in [0.1, 0.15) is 0 Å². The van der Waals surface area contributed by atoms with Crippen LogP contribution >= 0.6 is 0 Å². The Hall–Kier alpha value is -3.95. The second kappa shape index (κ2) is 5.28. The lowest BCUT2D eigenvalue weighted by Gasteiger charge is -2.13. The molecule has 4 aromatic carbocycles. The van der Waals surface area contributed by atoms with Gasteiger partial charge in [-0.2, -0.15) is 0 Å². The number of nitrogens with zero attached hydrogens (tertiary/aromatic N) is 3. The number of benzene rings is 4. The summed E-state index contributed by atoms with van der Waals surface area (Å²) in [5.41, 5.74) is 1.71. The van der Waals surface area contributed by atoms with Gasteiger partial charge in [0.1, 0.15) is 0 Å². The van der Waals surface area contributed by atoms with E-state index in [0.29, 0.717) is 11.4 Å². The van der Waals surface area contributed by atoms with Gasteiger partial charge in [-0.1, -0.05) is 54.6 Å². The van der Waals surface area contributed by atoms with Crippen molar-refractivity contribution in [3.63, 3.8) is 0 Å². The summed E-state index contributed by atoms with van der Waals surface area (Å²) < 4.78 is 0. The van der Waals surface area contributed by atoms with Crippen LogP contribution in [0.5, 0.6) is 0 Å². The Morgan fingerprint density at radius 2 is 1.35 bits per heavy atom. The number of hydrogen-bond donors (Lipinski definition) is 0. The first-order valence-electron chi connectivity index (χ1n) is 8.22. The van der Waals surface area contributed by atoms with Crippen molar-refractivity contribution in [1.29, 1.82) is 0 Å². The van der Waals surface area contributed by atoms with Gasteiger partial charge < -0.3 is 0 Å². The third-order valence-corrected chi connectivity index (χ3v) is 4.91. The second-order valence-corrected chi connectivity index (χ2v) is 6.22. The molecule has 0 aliphatic heterocycles. The minimum Gasteiger partial charge on any atom is -0.256 e. The van der Waals surface area contributed by atoms with Gasteiger partial charge in [-0.05, 0) is 33.0 Å². The molecule has 118 valence electrons. The molecule has 0 saturated carbocycles. The molecule has 0 aliphatic carbocycles. The standard InChI is InChI=1S/C23H11N3/c1-24-20-12-18-16-10-9-14-6-3-4-7-15(14)22(16)23-17(8-5-11-26-23)19(18)13-21(20)25-2/h3-13H. The van der Waals surface area contributed by atoms with Crippen molar-refractivity contribution in [3.8, 4) is 0 Å². The fourth-order valence-corrected chi connectivity index (χ4v) is 3.77. The average Bonchev–Trinajstić information content (AvgIpc) is 2.72. The quantitative estimate of drug-likeness (QED) is 0.226. The zero-order valence-electron chi connectivity index (χ0n) is 13.7. The Balaban J connectivity index is 2.18. The van der Waals surface area contributed by atoms with E-state index in [2.05, 4.69) is 38.9 Å². The van der Waals surface area contributed by atoms with E-state index in [1.807, 2.05) is 36.4 Å². The summed E-state index contributed by atoms with van der Waals surface area (Å²) in [7, 11) is 0. The highest BCUT2D eigenvalue weighted by Gasteiger charge is 2.14. The predicted octanol–water partition coefficient (Wildman–Crippen LogP) is 6.80. The maximum Gasteiger partial charge on any atom is 0.195 e. The van der Waals surface area contributed by atoms with E-state index in [0.717, 1.165) is 43.2 Å². The topological polar surface area (TPSA) is 21.6 Å².